The summed E-state index contributed by atoms with van der Waals surface area (Å²) in [6.45, 7) is 3.19. The molecule has 2 unspecified atom stereocenters. The molecule has 0 aliphatic carbocycles. The van der Waals surface area contributed by atoms with Gasteiger partial charge in [-0.15, -0.1) is 0 Å². The van der Waals surface area contributed by atoms with Crippen molar-refractivity contribution in [3.05, 3.63) is 34.1 Å². The van der Waals surface area contributed by atoms with E-state index in [-0.39, 0.29) is 5.82 Å². The van der Waals surface area contributed by atoms with Gasteiger partial charge in [-0.2, -0.15) is 11.8 Å². The van der Waals surface area contributed by atoms with E-state index in [4.69, 9.17) is 0 Å². The first kappa shape index (κ1) is 15.3. The summed E-state index contributed by atoms with van der Waals surface area (Å²) in [5.74, 6) is 3.04. The normalized spacial score (nSPS) is 20.7. The summed E-state index contributed by atoms with van der Waals surface area (Å²) in [4.78, 5) is 0. The van der Waals surface area contributed by atoms with Crippen LogP contribution in [0.15, 0.2) is 22.7 Å². The van der Waals surface area contributed by atoms with E-state index in [0.717, 1.165) is 29.4 Å². The van der Waals surface area contributed by atoms with Crippen molar-refractivity contribution in [2.75, 3.05) is 18.1 Å². The van der Waals surface area contributed by atoms with Crippen molar-refractivity contribution < 1.29 is 4.39 Å². The molecule has 1 nitrogen and oxygen atoms in total. The molecule has 4 heteroatoms. The minimum absolute atomic E-state index is 0.0941. The molecule has 2 atom stereocenters. The number of thioether (sulfide) groups is 1. The lowest BCUT2D eigenvalue weighted by molar-refractivity contribution is 0.376. The summed E-state index contributed by atoms with van der Waals surface area (Å²) < 4.78 is 14.8. The molecular weight excluding hydrogens is 325 g/mol. The van der Waals surface area contributed by atoms with Gasteiger partial charge in [-0.3, -0.25) is 0 Å². The molecule has 0 bridgehead atoms. The van der Waals surface area contributed by atoms with Gasteiger partial charge >= 0.3 is 0 Å². The van der Waals surface area contributed by atoms with Gasteiger partial charge in [0.05, 0.1) is 0 Å². The van der Waals surface area contributed by atoms with E-state index < -0.39 is 0 Å². The van der Waals surface area contributed by atoms with Gasteiger partial charge < -0.3 is 5.32 Å². The third-order valence-electron chi connectivity index (χ3n) is 3.65. The van der Waals surface area contributed by atoms with Crippen molar-refractivity contribution in [3.8, 4) is 0 Å². The highest BCUT2D eigenvalue weighted by molar-refractivity contribution is 9.10. The zero-order chi connectivity index (χ0) is 13.7. The predicted octanol–water partition coefficient (Wildman–Crippen LogP) is 4.25. The molecule has 0 amide bonds. The van der Waals surface area contributed by atoms with Gasteiger partial charge in [0.25, 0.3) is 0 Å². The van der Waals surface area contributed by atoms with Crippen LogP contribution < -0.4 is 5.32 Å². The van der Waals surface area contributed by atoms with Crippen LogP contribution in [0.5, 0.6) is 0 Å². The van der Waals surface area contributed by atoms with Gasteiger partial charge in [-0.1, -0.05) is 28.9 Å². The fraction of sp³-hybridized carbons (Fsp3) is 0.600. The van der Waals surface area contributed by atoms with Crippen LogP contribution in [0.3, 0.4) is 0 Å². The highest BCUT2D eigenvalue weighted by atomic mass is 79.9. The van der Waals surface area contributed by atoms with E-state index in [9.17, 15) is 4.39 Å². The average Bonchev–Trinajstić information content (AvgIpc) is 2.90. The van der Waals surface area contributed by atoms with E-state index >= 15 is 0 Å². The maximum atomic E-state index is 14.0. The van der Waals surface area contributed by atoms with Gasteiger partial charge in [-0.05, 0) is 60.9 Å². The largest absolute Gasteiger partial charge is 0.313 e. The number of hydrogen-bond acceptors (Lipinski definition) is 2. The van der Waals surface area contributed by atoms with Crippen molar-refractivity contribution in [1.29, 1.82) is 0 Å². The van der Waals surface area contributed by atoms with E-state index in [1.165, 1.54) is 17.9 Å². The zero-order valence-corrected chi connectivity index (χ0v) is 13.7. The van der Waals surface area contributed by atoms with E-state index in [2.05, 4.69) is 28.2 Å². The van der Waals surface area contributed by atoms with Crippen molar-refractivity contribution in [2.24, 2.45) is 5.92 Å². The van der Waals surface area contributed by atoms with Gasteiger partial charge in [0.15, 0.2) is 0 Å². The fourth-order valence-electron chi connectivity index (χ4n) is 2.53. The lowest BCUT2D eigenvalue weighted by Crippen LogP contribution is -2.38. The Kier molecular flexibility index (Phi) is 6.17. The number of halogens is 2. The molecule has 1 aromatic rings. The molecular formula is C15H21BrFNS. The quantitative estimate of drug-likeness (QED) is 0.826. The third kappa shape index (κ3) is 4.47. The smallest absolute Gasteiger partial charge is 0.127 e. The van der Waals surface area contributed by atoms with Crippen LogP contribution in [0.2, 0.25) is 0 Å². The maximum Gasteiger partial charge on any atom is 0.127 e. The van der Waals surface area contributed by atoms with Crippen molar-refractivity contribution in [3.63, 3.8) is 0 Å². The lowest BCUT2D eigenvalue weighted by Gasteiger charge is -2.24. The maximum absolute atomic E-state index is 14.0. The minimum atomic E-state index is -0.0941. The topological polar surface area (TPSA) is 12.0 Å². The standard InChI is InChI=1S/C15H21BrFNS/c1-2-6-18-15(12-5-7-19-10-12)8-11-3-4-13(16)9-14(11)17/h3-4,9,12,15,18H,2,5-8,10H2,1H3. The fourth-order valence-corrected chi connectivity index (χ4v) is 4.20. The molecule has 0 radical (unpaired) electrons. The minimum Gasteiger partial charge on any atom is -0.313 e. The molecule has 1 aliphatic rings. The Hall–Kier alpha value is -0.0600. The second kappa shape index (κ2) is 7.65. The molecule has 1 saturated heterocycles. The summed E-state index contributed by atoms with van der Waals surface area (Å²) in [6.07, 6.45) is 3.17. The van der Waals surface area contributed by atoms with Crippen LogP contribution in [0.4, 0.5) is 4.39 Å². The SMILES string of the molecule is CCCNC(Cc1ccc(Br)cc1F)C1CCSC1. The second-order valence-electron chi connectivity index (χ2n) is 5.12. The molecule has 106 valence electrons. The molecule has 19 heavy (non-hydrogen) atoms. The van der Waals surface area contributed by atoms with Crippen molar-refractivity contribution in [2.45, 2.75) is 32.2 Å². The van der Waals surface area contributed by atoms with E-state index in [1.54, 1.807) is 6.07 Å². The Labute approximate surface area is 127 Å². The highest BCUT2D eigenvalue weighted by Gasteiger charge is 2.25. The van der Waals surface area contributed by atoms with Crippen molar-refractivity contribution in [1.82, 2.24) is 5.32 Å². The summed E-state index contributed by atoms with van der Waals surface area (Å²) in [5, 5.41) is 3.61. The van der Waals surface area contributed by atoms with Crippen LogP contribution in [0, 0.1) is 11.7 Å². The molecule has 1 aliphatic heterocycles. The monoisotopic (exact) mass is 345 g/mol. The summed E-state index contributed by atoms with van der Waals surface area (Å²) in [7, 11) is 0. The molecule has 2 rings (SSSR count). The number of hydrogen-bond donors (Lipinski definition) is 1. The van der Waals surface area contributed by atoms with Crippen LogP contribution in [0.1, 0.15) is 25.3 Å². The van der Waals surface area contributed by atoms with Crippen LogP contribution in [0.25, 0.3) is 0 Å². The molecule has 1 fully saturated rings. The Morgan fingerprint density at radius 2 is 2.37 bits per heavy atom. The van der Waals surface area contributed by atoms with Gasteiger partial charge in [0.1, 0.15) is 5.82 Å². The first-order valence-corrected chi connectivity index (χ1v) is 8.90. The number of nitrogens with one attached hydrogen (secondary N) is 1. The Morgan fingerprint density at radius 1 is 1.53 bits per heavy atom. The second-order valence-corrected chi connectivity index (χ2v) is 7.19. The molecule has 0 aromatic heterocycles. The molecule has 1 N–H and O–H groups in total. The number of rotatable bonds is 6. The highest BCUT2D eigenvalue weighted by Crippen LogP contribution is 2.28. The lowest BCUT2D eigenvalue weighted by atomic mass is 9.92. The van der Waals surface area contributed by atoms with Crippen LogP contribution in [-0.4, -0.2) is 24.1 Å². The van der Waals surface area contributed by atoms with E-state index in [1.807, 2.05) is 23.9 Å². The molecule has 1 heterocycles. The summed E-state index contributed by atoms with van der Waals surface area (Å²) in [6, 6.07) is 5.81. The molecule has 0 spiro atoms. The summed E-state index contributed by atoms with van der Waals surface area (Å²) >= 11 is 5.33. The van der Waals surface area contributed by atoms with Gasteiger partial charge in [-0.25, -0.2) is 4.39 Å². The molecule has 1 aromatic carbocycles. The summed E-state index contributed by atoms with van der Waals surface area (Å²) in [5.41, 5.74) is 0.828. The van der Waals surface area contributed by atoms with Gasteiger partial charge in [0, 0.05) is 10.5 Å². The Balaban J connectivity index is 2.05. The molecule has 0 saturated carbocycles. The zero-order valence-electron chi connectivity index (χ0n) is 11.3. The van der Waals surface area contributed by atoms with Crippen LogP contribution in [-0.2, 0) is 6.42 Å². The Morgan fingerprint density at radius 3 is 3.00 bits per heavy atom. The average molecular weight is 346 g/mol. The Bertz CT molecular complexity index is 407. The van der Waals surface area contributed by atoms with Crippen molar-refractivity contribution >= 4 is 27.7 Å². The van der Waals surface area contributed by atoms with Gasteiger partial charge in [0.2, 0.25) is 0 Å². The first-order valence-electron chi connectivity index (χ1n) is 6.95. The van der Waals surface area contributed by atoms with Crippen LogP contribution >= 0.6 is 27.7 Å². The third-order valence-corrected chi connectivity index (χ3v) is 5.33. The number of benzene rings is 1. The van der Waals surface area contributed by atoms with E-state index in [0.29, 0.717) is 12.0 Å². The predicted molar refractivity (Wildman–Crippen MR) is 85.3 cm³/mol. The first-order chi connectivity index (χ1) is 9.20.